The van der Waals surface area contributed by atoms with Crippen LogP contribution in [0.5, 0.6) is 5.75 Å². The van der Waals surface area contributed by atoms with E-state index < -0.39 is 0 Å². The highest BCUT2D eigenvalue weighted by Crippen LogP contribution is 2.28. The van der Waals surface area contributed by atoms with E-state index in [0.717, 1.165) is 23.6 Å². The number of hydrogen-bond donors (Lipinski definition) is 1. The Morgan fingerprint density at radius 1 is 1.33 bits per heavy atom. The van der Waals surface area contributed by atoms with Crippen molar-refractivity contribution in [1.82, 2.24) is 20.1 Å². The summed E-state index contributed by atoms with van der Waals surface area (Å²) >= 11 is 1.42. The quantitative estimate of drug-likeness (QED) is 0.443. The van der Waals surface area contributed by atoms with E-state index in [1.165, 1.54) is 43.0 Å². The Hall–Kier alpha value is -2.54. The molecule has 1 unspecified atom stereocenters. The van der Waals surface area contributed by atoms with Crippen molar-refractivity contribution in [2.75, 3.05) is 13.7 Å². The Morgan fingerprint density at radius 2 is 2.13 bits per heavy atom. The lowest BCUT2D eigenvalue weighted by molar-refractivity contribution is -0.120. The molecule has 1 aromatic carbocycles. The minimum atomic E-state index is -0.262. The van der Waals surface area contributed by atoms with Crippen molar-refractivity contribution >= 4 is 17.7 Å². The van der Waals surface area contributed by atoms with Crippen LogP contribution in [0.4, 0.5) is 0 Å². The smallest absolute Gasteiger partial charge is 0.233 e. The summed E-state index contributed by atoms with van der Waals surface area (Å²) in [6.07, 6.45) is 9.96. The molecule has 0 spiro atoms. The second kappa shape index (κ2) is 11.0. The molecule has 1 amide bonds. The first-order chi connectivity index (χ1) is 14.6. The van der Waals surface area contributed by atoms with Crippen LogP contribution in [0.1, 0.15) is 39.0 Å². The molecule has 1 aliphatic carbocycles. The molecule has 160 valence electrons. The van der Waals surface area contributed by atoms with E-state index in [2.05, 4.69) is 28.2 Å². The number of methoxy groups -OCH3 is 1. The van der Waals surface area contributed by atoms with Gasteiger partial charge in [0.05, 0.1) is 12.4 Å². The zero-order chi connectivity index (χ0) is 21.3. The third kappa shape index (κ3) is 5.75. The molecular weight excluding hydrogens is 396 g/mol. The van der Waals surface area contributed by atoms with Crippen LogP contribution in [0.3, 0.4) is 0 Å². The molecule has 1 aromatic heterocycles. The molecule has 3 rings (SSSR count). The zero-order valence-corrected chi connectivity index (χ0v) is 18.6. The second-order valence-corrected chi connectivity index (χ2v) is 8.65. The lowest BCUT2D eigenvalue weighted by Gasteiger charge is -2.15. The van der Waals surface area contributed by atoms with Crippen LogP contribution in [0, 0.1) is 0 Å². The summed E-state index contributed by atoms with van der Waals surface area (Å²) in [7, 11) is 1.64. The Balaban J connectivity index is 1.62. The average molecular weight is 427 g/mol. The number of hydrogen-bond acceptors (Lipinski definition) is 5. The lowest BCUT2D eigenvalue weighted by Crippen LogP contribution is -2.32. The molecule has 7 heteroatoms. The fourth-order valence-electron chi connectivity index (χ4n) is 3.46. The first kappa shape index (κ1) is 22.2. The Bertz CT molecular complexity index is 889. The molecule has 0 bridgehead atoms. The van der Waals surface area contributed by atoms with Crippen molar-refractivity contribution in [3.63, 3.8) is 0 Å². The van der Waals surface area contributed by atoms with Crippen LogP contribution < -0.4 is 10.1 Å². The molecule has 1 aliphatic rings. The molecule has 6 nitrogen and oxygen atoms in total. The number of ether oxygens (including phenoxy) is 1. The van der Waals surface area contributed by atoms with E-state index in [9.17, 15) is 4.79 Å². The standard InChI is InChI=1S/C23H30N4O2S/c1-4-16-27-21(19-10-12-20(29-3)13-11-19)25-26-23(27)30-17(2)22(28)24-15-14-18-8-6-5-7-9-18/h4,8,10-13,17H,1,5-7,9,14-16H2,2-3H3,(H,24,28). The summed E-state index contributed by atoms with van der Waals surface area (Å²) in [6.45, 7) is 7.01. The molecule has 0 radical (unpaired) electrons. The molecule has 1 N–H and O–H groups in total. The van der Waals surface area contributed by atoms with Gasteiger partial charge < -0.3 is 10.1 Å². The van der Waals surface area contributed by atoms with Crippen LogP contribution in [-0.4, -0.2) is 39.6 Å². The minimum Gasteiger partial charge on any atom is -0.497 e. The number of benzene rings is 1. The average Bonchev–Trinajstić information content (AvgIpc) is 3.17. The maximum Gasteiger partial charge on any atom is 0.233 e. The van der Waals surface area contributed by atoms with Gasteiger partial charge >= 0.3 is 0 Å². The highest BCUT2D eigenvalue weighted by Gasteiger charge is 2.20. The highest BCUT2D eigenvalue weighted by atomic mass is 32.2. The predicted octanol–water partition coefficient (Wildman–Crippen LogP) is 4.63. The van der Waals surface area contributed by atoms with Crippen molar-refractivity contribution in [2.24, 2.45) is 0 Å². The number of thioether (sulfide) groups is 1. The first-order valence-electron chi connectivity index (χ1n) is 10.4. The number of rotatable bonds is 10. The van der Waals surface area contributed by atoms with Crippen LogP contribution in [-0.2, 0) is 11.3 Å². The third-order valence-corrected chi connectivity index (χ3v) is 6.24. The summed E-state index contributed by atoms with van der Waals surface area (Å²) in [4.78, 5) is 12.6. The normalized spacial score (nSPS) is 14.7. The maximum absolute atomic E-state index is 12.6. The summed E-state index contributed by atoms with van der Waals surface area (Å²) in [5.41, 5.74) is 2.41. The Kier molecular flexibility index (Phi) is 8.13. The van der Waals surface area contributed by atoms with Crippen molar-refractivity contribution in [1.29, 1.82) is 0 Å². The summed E-state index contributed by atoms with van der Waals surface area (Å²) in [5, 5.41) is 12.2. The van der Waals surface area contributed by atoms with E-state index in [1.54, 1.807) is 7.11 Å². The fourth-order valence-corrected chi connectivity index (χ4v) is 4.34. The van der Waals surface area contributed by atoms with Gasteiger partial charge in [0.1, 0.15) is 5.75 Å². The predicted molar refractivity (Wildman–Crippen MR) is 122 cm³/mol. The van der Waals surface area contributed by atoms with Crippen LogP contribution >= 0.6 is 11.8 Å². The summed E-state index contributed by atoms with van der Waals surface area (Å²) < 4.78 is 7.21. The van der Waals surface area contributed by atoms with E-state index in [0.29, 0.717) is 18.2 Å². The number of amides is 1. The monoisotopic (exact) mass is 426 g/mol. The van der Waals surface area contributed by atoms with E-state index >= 15 is 0 Å². The van der Waals surface area contributed by atoms with Crippen molar-refractivity contribution in [3.05, 3.63) is 48.6 Å². The van der Waals surface area contributed by atoms with Crippen LogP contribution in [0.25, 0.3) is 11.4 Å². The minimum absolute atomic E-state index is 0.0237. The summed E-state index contributed by atoms with van der Waals surface area (Å²) in [6, 6.07) is 7.69. The molecule has 0 fully saturated rings. The lowest BCUT2D eigenvalue weighted by atomic mass is 9.97. The van der Waals surface area contributed by atoms with Crippen molar-refractivity contribution < 1.29 is 9.53 Å². The molecule has 1 atom stereocenters. The van der Waals surface area contributed by atoms with Gasteiger partial charge in [0.15, 0.2) is 11.0 Å². The van der Waals surface area contributed by atoms with E-state index in [-0.39, 0.29) is 11.2 Å². The van der Waals surface area contributed by atoms with E-state index in [4.69, 9.17) is 4.74 Å². The van der Waals surface area contributed by atoms with Gasteiger partial charge in [-0.15, -0.1) is 16.8 Å². The Labute approximate surface area is 182 Å². The van der Waals surface area contributed by atoms with Crippen molar-refractivity contribution in [3.8, 4) is 17.1 Å². The molecule has 0 aliphatic heterocycles. The van der Waals surface area contributed by atoms with Crippen molar-refractivity contribution in [2.45, 2.75) is 56.0 Å². The number of nitrogens with one attached hydrogen (secondary N) is 1. The van der Waals surface area contributed by atoms with Gasteiger partial charge in [0.25, 0.3) is 0 Å². The summed E-state index contributed by atoms with van der Waals surface area (Å²) in [5.74, 6) is 1.56. The van der Waals surface area contributed by atoms with Gasteiger partial charge in [0, 0.05) is 18.7 Å². The Morgan fingerprint density at radius 3 is 2.80 bits per heavy atom. The third-order valence-electron chi connectivity index (χ3n) is 5.16. The van der Waals surface area contributed by atoms with Gasteiger partial charge in [0.2, 0.25) is 5.91 Å². The highest BCUT2D eigenvalue weighted by molar-refractivity contribution is 8.00. The SMILES string of the molecule is C=CCn1c(SC(C)C(=O)NCCC2=CCCCC2)nnc1-c1ccc(OC)cc1. The number of carbonyl (C=O) groups is 1. The number of nitrogens with zero attached hydrogens (tertiary/aromatic N) is 3. The van der Waals surface area contributed by atoms with Gasteiger partial charge in [-0.2, -0.15) is 0 Å². The number of allylic oxidation sites excluding steroid dienone is 2. The number of aromatic nitrogens is 3. The molecule has 0 saturated heterocycles. The molecule has 1 heterocycles. The second-order valence-electron chi connectivity index (χ2n) is 7.34. The van der Waals surface area contributed by atoms with Gasteiger partial charge in [-0.3, -0.25) is 9.36 Å². The fraction of sp³-hybridized carbons (Fsp3) is 0.435. The maximum atomic E-state index is 12.6. The van der Waals surface area contributed by atoms with Crippen LogP contribution in [0.2, 0.25) is 0 Å². The van der Waals surface area contributed by atoms with Crippen LogP contribution in [0.15, 0.2) is 53.7 Å². The van der Waals surface area contributed by atoms with Gasteiger partial charge in [-0.25, -0.2) is 0 Å². The molecular formula is C23H30N4O2S. The topological polar surface area (TPSA) is 69.0 Å². The molecule has 30 heavy (non-hydrogen) atoms. The molecule has 2 aromatic rings. The number of carbonyl (C=O) groups excluding carboxylic acids is 1. The van der Waals surface area contributed by atoms with Gasteiger partial charge in [-0.05, 0) is 63.3 Å². The first-order valence-corrected chi connectivity index (χ1v) is 11.3. The largest absolute Gasteiger partial charge is 0.497 e. The van der Waals surface area contributed by atoms with Gasteiger partial charge in [-0.1, -0.05) is 29.5 Å². The molecule has 0 saturated carbocycles. The van der Waals surface area contributed by atoms with E-state index in [1.807, 2.05) is 41.8 Å². The zero-order valence-electron chi connectivity index (χ0n) is 17.8.